The predicted molar refractivity (Wildman–Crippen MR) is 88.1 cm³/mol. The standard InChI is InChI=1S/C17H20ClNS/c1-3-19-17(13-8-7-11(2)14(18)9-13)16-10-12-5-4-6-15(12)20-16/h7-10,17,19H,3-6H2,1-2H3. The Balaban J connectivity index is 1.96. The van der Waals surface area contributed by atoms with Crippen molar-refractivity contribution in [1.82, 2.24) is 5.32 Å². The Morgan fingerprint density at radius 2 is 2.15 bits per heavy atom. The molecule has 2 aromatic rings. The summed E-state index contributed by atoms with van der Waals surface area (Å²) in [4.78, 5) is 3.01. The van der Waals surface area contributed by atoms with Gasteiger partial charge in [-0.2, -0.15) is 0 Å². The Morgan fingerprint density at radius 1 is 1.30 bits per heavy atom. The van der Waals surface area contributed by atoms with Crippen LogP contribution in [-0.2, 0) is 12.8 Å². The number of aryl methyl sites for hydroxylation is 3. The third-order valence-corrected chi connectivity index (χ3v) is 5.70. The van der Waals surface area contributed by atoms with Crippen LogP contribution >= 0.6 is 22.9 Å². The number of hydrogen-bond acceptors (Lipinski definition) is 2. The number of fused-ring (bicyclic) bond motifs is 1. The van der Waals surface area contributed by atoms with Crippen LogP contribution in [0.1, 0.15) is 45.8 Å². The quantitative estimate of drug-likeness (QED) is 0.847. The molecule has 106 valence electrons. The summed E-state index contributed by atoms with van der Waals surface area (Å²) in [7, 11) is 0. The maximum absolute atomic E-state index is 6.30. The smallest absolute Gasteiger partial charge is 0.0671 e. The van der Waals surface area contributed by atoms with Gasteiger partial charge in [0.05, 0.1) is 6.04 Å². The van der Waals surface area contributed by atoms with E-state index in [-0.39, 0.29) is 6.04 Å². The average molecular weight is 306 g/mol. The van der Waals surface area contributed by atoms with Crippen molar-refractivity contribution >= 4 is 22.9 Å². The van der Waals surface area contributed by atoms with Gasteiger partial charge >= 0.3 is 0 Å². The topological polar surface area (TPSA) is 12.0 Å². The summed E-state index contributed by atoms with van der Waals surface area (Å²) in [6.45, 7) is 5.16. The highest BCUT2D eigenvalue weighted by atomic mass is 35.5. The second-order valence-electron chi connectivity index (χ2n) is 5.45. The summed E-state index contributed by atoms with van der Waals surface area (Å²) < 4.78 is 0. The van der Waals surface area contributed by atoms with E-state index in [0.29, 0.717) is 0 Å². The molecule has 1 heterocycles. The highest BCUT2D eigenvalue weighted by Crippen LogP contribution is 2.36. The van der Waals surface area contributed by atoms with Crippen molar-refractivity contribution in [3.63, 3.8) is 0 Å². The van der Waals surface area contributed by atoms with Crippen molar-refractivity contribution in [2.24, 2.45) is 0 Å². The Kier molecular flexibility index (Phi) is 4.16. The fraction of sp³-hybridized carbons (Fsp3) is 0.412. The van der Waals surface area contributed by atoms with Gasteiger partial charge in [0.15, 0.2) is 0 Å². The summed E-state index contributed by atoms with van der Waals surface area (Å²) >= 11 is 8.27. The van der Waals surface area contributed by atoms with Crippen molar-refractivity contribution in [2.45, 2.75) is 39.2 Å². The minimum Gasteiger partial charge on any atom is -0.306 e. The van der Waals surface area contributed by atoms with E-state index in [1.807, 2.05) is 18.3 Å². The Morgan fingerprint density at radius 3 is 2.85 bits per heavy atom. The lowest BCUT2D eigenvalue weighted by atomic mass is 10.0. The maximum atomic E-state index is 6.30. The highest BCUT2D eigenvalue weighted by Gasteiger charge is 2.21. The number of thiophene rings is 1. The molecule has 0 saturated heterocycles. The molecule has 1 aromatic heterocycles. The first-order chi connectivity index (χ1) is 9.69. The SMILES string of the molecule is CCNC(c1ccc(C)c(Cl)c1)c1cc2c(s1)CCC2. The molecule has 1 nitrogen and oxygen atoms in total. The molecule has 0 fully saturated rings. The van der Waals surface area contributed by atoms with Gasteiger partial charge in [-0.1, -0.05) is 30.7 Å². The summed E-state index contributed by atoms with van der Waals surface area (Å²) in [6, 6.07) is 9.08. The van der Waals surface area contributed by atoms with E-state index < -0.39 is 0 Å². The second kappa shape index (κ2) is 5.88. The largest absolute Gasteiger partial charge is 0.306 e. The molecule has 0 bridgehead atoms. The molecule has 0 aliphatic heterocycles. The van der Waals surface area contributed by atoms with Crippen LogP contribution in [0.5, 0.6) is 0 Å². The van der Waals surface area contributed by atoms with Gasteiger partial charge in [0.2, 0.25) is 0 Å². The average Bonchev–Trinajstić information content (AvgIpc) is 3.00. The Bertz CT molecular complexity index is 596. The minimum absolute atomic E-state index is 0.272. The molecule has 3 heteroatoms. The first-order valence-electron chi connectivity index (χ1n) is 7.30. The summed E-state index contributed by atoms with van der Waals surface area (Å²) in [5, 5.41) is 4.46. The van der Waals surface area contributed by atoms with Gasteiger partial charge in [0.1, 0.15) is 0 Å². The first-order valence-corrected chi connectivity index (χ1v) is 8.49. The van der Waals surface area contributed by atoms with Crippen LogP contribution in [0.4, 0.5) is 0 Å². The maximum Gasteiger partial charge on any atom is 0.0671 e. The van der Waals surface area contributed by atoms with Crippen LogP contribution in [0.3, 0.4) is 0 Å². The van der Waals surface area contributed by atoms with Crippen LogP contribution in [0.15, 0.2) is 24.3 Å². The molecule has 1 atom stereocenters. The third kappa shape index (κ3) is 2.65. The molecule has 1 aliphatic rings. The van der Waals surface area contributed by atoms with Crippen molar-refractivity contribution < 1.29 is 0 Å². The molecule has 0 saturated carbocycles. The van der Waals surface area contributed by atoms with Crippen molar-refractivity contribution in [3.8, 4) is 0 Å². The molecule has 0 radical (unpaired) electrons. The molecule has 20 heavy (non-hydrogen) atoms. The predicted octanol–water partition coefficient (Wildman–Crippen LogP) is 4.90. The molecule has 3 rings (SSSR count). The van der Waals surface area contributed by atoms with E-state index in [0.717, 1.165) is 17.1 Å². The Labute approximate surface area is 130 Å². The molecular formula is C17H20ClNS. The lowest BCUT2D eigenvalue weighted by molar-refractivity contribution is 0.639. The summed E-state index contributed by atoms with van der Waals surface area (Å²) in [5.74, 6) is 0. The second-order valence-corrected chi connectivity index (χ2v) is 7.03. The molecule has 1 unspecified atom stereocenters. The van der Waals surface area contributed by atoms with E-state index >= 15 is 0 Å². The third-order valence-electron chi connectivity index (χ3n) is 3.99. The zero-order chi connectivity index (χ0) is 14.1. The van der Waals surface area contributed by atoms with Crippen LogP contribution in [0, 0.1) is 6.92 Å². The molecule has 0 amide bonds. The fourth-order valence-corrected chi connectivity index (χ4v) is 4.42. The van der Waals surface area contributed by atoms with Crippen LogP contribution < -0.4 is 5.32 Å². The van der Waals surface area contributed by atoms with E-state index in [9.17, 15) is 0 Å². The normalized spacial score (nSPS) is 15.3. The van der Waals surface area contributed by atoms with Gasteiger partial charge in [-0.05, 0) is 61.6 Å². The first kappa shape index (κ1) is 14.1. The van der Waals surface area contributed by atoms with E-state index in [2.05, 4.69) is 36.5 Å². The van der Waals surface area contributed by atoms with Crippen LogP contribution in [0.2, 0.25) is 5.02 Å². The number of halogens is 1. The number of nitrogens with one attached hydrogen (secondary N) is 1. The number of rotatable bonds is 4. The van der Waals surface area contributed by atoms with Crippen molar-refractivity contribution in [3.05, 3.63) is 55.7 Å². The van der Waals surface area contributed by atoms with Gasteiger partial charge in [-0.3, -0.25) is 0 Å². The molecule has 0 spiro atoms. The van der Waals surface area contributed by atoms with Gasteiger partial charge in [0.25, 0.3) is 0 Å². The molecule has 1 aliphatic carbocycles. The zero-order valence-corrected chi connectivity index (χ0v) is 13.6. The summed E-state index contributed by atoms with van der Waals surface area (Å²) in [6.07, 6.45) is 3.83. The van der Waals surface area contributed by atoms with E-state index in [4.69, 9.17) is 11.6 Å². The van der Waals surface area contributed by atoms with E-state index in [1.165, 1.54) is 29.7 Å². The Hall–Kier alpha value is -0.830. The van der Waals surface area contributed by atoms with Crippen LogP contribution in [-0.4, -0.2) is 6.54 Å². The van der Waals surface area contributed by atoms with Crippen molar-refractivity contribution in [1.29, 1.82) is 0 Å². The van der Waals surface area contributed by atoms with Gasteiger partial charge < -0.3 is 5.32 Å². The molecular weight excluding hydrogens is 286 g/mol. The van der Waals surface area contributed by atoms with Gasteiger partial charge in [-0.25, -0.2) is 0 Å². The van der Waals surface area contributed by atoms with Crippen molar-refractivity contribution in [2.75, 3.05) is 6.54 Å². The minimum atomic E-state index is 0.272. The number of hydrogen-bond donors (Lipinski definition) is 1. The summed E-state index contributed by atoms with van der Waals surface area (Å²) in [5.41, 5.74) is 3.97. The lowest BCUT2D eigenvalue weighted by Crippen LogP contribution is -2.21. The molecule has 1 aromatic carbocycles. The van der Waals surface area contributed by atoms with Gasteiger partial charge in [-0.15, -0.1) is 11.3 Å². The monoisotopic (exact) mass is 305 g/mol. The highest BCUT2D eigenvalue weighted by molar-refractivity contribution is 7.12. The lowest BCUT2D eigenvalue weighted by Gasteiger charge is -2.18. The number of benzene rings is 1. The fourth-order valence-electron chi connectivity index (χ4n) is 2.87. The molecule has 1 N–H and O–H groups in total. The van der Waals surface area contributed by atoms with Crippen LogP contribution in [0.25, 0.3) is 0 Å². The van der Waals surface area contributed by atoms with Gasteiger partial charge in [0, 0.05) is 14.8 Å². The zero-order valence-electron chi connectivity index (χ0n) is 12.0. The van der Waals surface area contributed by atoms with E-state index in [1.54, 1.807) is 10.4 Å².